The summed E-state index contributed by atoms with van der Waals surface area (Å²) < 4.78 is 37.4. The van der Waals surface area contributed by atoms with Crippen molar-refractivity contribution in [1.82, 2.24) is 15.5 Å². The fraction of sp³-hybridized carbons (Fsp3) is 0.556. The molecule has 1 atom stereocenters. The number of likely N-dealkylation sites (tertiary alicyclic amines) is 1. The molecule has 0 aliphatic carbocycles. The van der Waals surface area contributed by atoms with Crippen molar-refractivity contribution in [3.05, 3.63) is 29.8 Å². The Morgan fingerprint density at radius 3 is 2.81 bits per heavy atom. The Morgan fingerprint density at radius 2 is 2.15 bits per heavy atom. The van der Waals surface area contributed by atoms with Gasteiger partial charge in [-0.2, -0.15) is 13.2 Å². The van der Waals surface area contributed by atoms with E-state index in [1.807, 2.05) is 31.2 Å². The molecule has 27 heavy (non-hydrogen) atoms. The summed E-state index contributed by atoms with van der Waals surface area (Å²) in [5, 5.41) is 8.77. The number of anilines is 1. The van der Waals surface area contributed by atoms with Crippen LogP contribution in [0.3, 0.4) is 0 Å². The van der Waals surface area contributed by atoms with Gasteiger partial charge in [0.05, 0.1) is 13.1 Å². The van der Waals surface area contributed by atoms with Crippen molar-refractivity contribution in [2.45, 2.75) is 32.0 Å². The first-order valence-corrected chi connectivity index (χ1v) is 8.94. The van der Waals surface area contributed by atoms with Crippen LogP contribution >= 0.6 is 0 Å². The summed E-state index contributed by atoms with van der Waals surface area (Å²) in [6.45, 7) is 1.81. The molecule has 1 amide bonds. The maximum Gasteiger partial charge on any atom is 0.401 e. The monoisotopic (exact) mass is 385 g/mol. The molecule has 0 aromatic heterocycles. The number of nitrogens with one attached hydrogen (secondary N) is 3. The quantitative estimate of drug-likeness (QED) is 0.518. The molecule has 1 heterocycles. The first kappa shape index (κ1) is 21.0. The van der Waals surface area contributed by atoms with Crippen LogP contribution in [0.2, 0.25) is 0 Å². The van der Waals surface area contributed by atoms with Crippen molar-refractivity contribution >= 4 is 17.6 Å². The summed E-state index contributed by atoms with van der Waals surface area (Å²) in [5.41, 5.74) is 1.85. The van der Waals surface area contributed by atoms with Gasteiger partial charge in [-0.25, -0.2) is 0 Å². The highest BCUT2D eigenvalue weighted by Crippen LogP contribution is 2.19. The zero-order chi connectivity index (χ0) is 19.9. The Hall–Kier alpha value is -2.29. The van der Waals surface area contributed by atoms with E-state index in [9.17, 15) is 18.0 Å². The van der Waals surface area contributed by atoms with Crippen molar-refractivity contribution in [2.75, 3.05) is 38.5 Å². The second kappa shape index (κ2) is 9.59. The van der Waals surface area contributed by atoms with Crippen molar-refractivity contribution in [3.63, 3.8) is 0 Å². The Bertz CT molecular complexity index is 663. The third-order valence-electron chi connectivity index (χ3n) is 4.28. The van der Waals surface area contributed by atoms with Crippen LogP contribution in [-0.4, -0.2) is 62.2 Å². The lowest BCUT2D eigenvalue weighted by Gasteiger charge is -2.19. The maximum absolute atomic E-state index is 12.5. The van der Waals surface area contributed by atoms with Crippen molar-refractivity contribution in [2.24, 2.45) is 4.99 Å². The van der Waals surface area contributed by atoms with Crippen molar-refractivity contribution in [3.8, 4) is 0 Å². The number of rotatable bonds is 6. The number of carbonyl (C=O) groups excluding carboxylic acids is 1. The number of guanidine groups is 1. The van der Waals surface area contributed by atoms with E-state index in [4.69, 9.17) is 0 Å². The minimum Gasteiger partial charge on any atom is -0.352 e. The Balaban J connectivity index is 1.76. The highest BCUT2D eigenvalue weighted by Gasteiger charge is 2.34. The van der Waals surface area contributed by atoms with E-state index in [-0.39, 0.29) is 25.0 Å². The standard InChI is InChI=1S/C18H26F3N5O/c1-3-13-5-4-6-14(9-13)24-16(27)10-23-17(22-2)25-15-7-8-26(11-15)12-18(19,20)21/h4-6,9,15H,3,7-8,10-12H2,1-2H3,(H,24,27)(H2,22,23,25). The van der Waals surface area contributed by atoms with Crippen LogP contribution in [0.15, 0.2) is 29.3 Å². The molecular weight excluding hydrogens is 359 g/mol. The van der Waals surface area contributed by atoms with Crippen molar-refractivity contribution < 1.29 is 18.0 Å². The molecule has 0 spiro atoms. The molecule has 9 heteroatoms. The summed E-state index contributed by atoms with van der Waals surface area (Å²) in [6.07, 6.45) is -2.72. The third kappa shape index (κ3) is 7.46. The van der Waals surface area contributed by atoms with Gasteiger partial charge in [-0.05, 0) is 30.5 Å². The lowest BCUT2D eigenvalue weighted by molar-refractivity contribution is -0.143. The molecular formula is C18H26F3N5O. The van der Waals surface area contributed by atoms with Crippen LogP contribution in [0.1, 0.15) is 18.9 Å². The number of aryl methyl sites for hydroxylation is 1. The van der Waals surface area contributed by atoms with Crippen LogP contribution in [0.4, 0.5) is 18.9 Å². The molecule has 1 aliphatic heterocycles. The molecule has 3 N–H and O–H groups in total. The summed E-state index contributed by atoms with van der Waals surface area (Å²) in [6, 6.07) is 7.47. The zero-order valence-corrected chi connectivity index (χ0v) is 15.6. The van der Waals surface area contributed by atoms with Crippen LogP contribution in [0.25, 0.3) is 0 Å². The summed E-state index contributed by atoms with van der Waals surface area (Å²) in [5.74, 6) is 0.169. The van der Waals surface area contributed by atoms with Gasteiger partial charge in [0, 0.05) is 31.9 Å². The average molecular weight is 385 g/mol. The highest BCUT2D eigenvalue weighted by atomic mass is 19.4. The summed E-state index contributed by atoms with van der Waals surface area (Å²) >= 11 is 0. The molecule has 150 valence electrons. The maximum atomic E-state index is 12.5. The van der Waals surface area contributed by atoms with E-state index in [0.717, 1.165) is 17.7 Å². The van der Waals surface area contributed by atoms with Gasteiger partial charge in [0.2, 0.25) is 5.91 Å². The van der Waals surface area contributed by atoms with Crippen LogP contribution < -0.4 is 16.0 Å². The number of carbonyl (C=O) groups is 1. The molecule has 1 aromatic carbocycles. The Morgan fingerprint density at radius 1 is 1.37 bits per heavy atom. The second-order valence-electron chi connectivity index (χ2n) is 6.51. The number of nitrogens with zero attached hydrogens (tertiary/aromatic N) is 2. The van der Waals surface area contributed by atoms with Crippen LogP contribution in [-0.2, 0) is 11.2 Å². The molecule has 1 saturated heterocycles. The van der Waals surface area contributed by atoms with Gasteiger partial charge < -0.3 is 16.0 Å². The van der Waals surface area contributed by atoms with Gasteiger partial charge >= 0.3 is 6.18 Å². The third-order valence-corrected chi connectivity index (χ3v) is 4.28. The van der Waals surface area contributed by atoms with Gasteiger partial charge in [0.15, 0.2) is 5.96 Å². The molecule has 1 fully saturated rings. The topological polar surface area (TPSA) is 68.8 Å². The first-order chi connectivity index (χ1) is 12.8. The predicted molar refractivity (Wildman–Crippen MR) is 99.8 cm³/mol. The molecule has 1 aromatic rings. The minimum absolute atomic E-state index is 0.00894. The zero-order valence-electron chi connectivity index (χ0n) is 15.6. The van der Waals surface area contributed by atoms with E-state index < -0.39 is 12.7 Å². The fourth-order valence-corrected chi connectivity index (χ4v) is 2.97. The SMILES string of the molecule is CCc1cccc(NC(=O)CNC(=NC)NC2CCN(CC(F)(F)F)C2)c1. The van der Waals surface area contributed by atoms with Gasteiger partial charge in [0.1, 0.15) is 0 Å². The first-order valence-electron chi connectivity index (χ1n) is 8.94. The number of aliphatic imine (C=N–C) groups is 1. The van der Waals surface area contributed by atoms with Crippen molar-refractivity contribution in [1.29, 1.82) is 0 Å². The molecule has 0 bridgehead atoms. The number of benzene rings is 1. The summed E-state index contributed by atoms with van der Waals surface area (Å²) in [4.78, 5) is 17.5. The average Bonchev–Trinajstić information content (AvgIpc) is 3.03. The minimum atomic E-state index is -4.19. The van der Waals surface area contributed by atoms with E-state index in [2.05, 4.69) is 20.9 Å². The molecule has 2 rings (SSSR count). The molecule has 1 unspecified atom stereocenters. The molecule has 0 radical (unpaired) electrons. The number of hydrogen-bond acceptors (Lipinski definition) is 3. The highest BCUT2D eigenvalue weighted by molar-refractivity contribution is 5.95. The van der Waals surface area contributed by atoms with E-state index in [0.29, 0.717) is 18.9 Å². The lowest BCUT2D eigenvalue weighted by atomic mass is 10.1. The lowest BCUT2D eigenvalue weighted by Crippen LogP contribution is -2.47. The van der Waals surface area contributed by atoms with E-state index in [1.165, 1.54) is 4.90 Å². The largest absolute Gasteiger partial charge is 0.401 e. The predicted octanol–water partition coefficient (Wildman–Crippen LogP) is 1.99. The number of halogens is 3. The van der Waals surface area contributed by atoms with Gasteiger partial charge in [-0.1, -0.05) is 19.1 Å². The molecule has 0 saturated carbocycles. The normalized spacial score (nSPS) is 18.4. The second-order valence-corrected chi connectivity index (χ2v) is 6.51. The van der Waals surface area contributed by atoms with Crippen LogP contribution in [0, 0.1) is 0 Å². The Labute approximate surface area is 157 Å². The number of amides is 1. The van der Waals surface area contributed by atoms with Gasteiger partial charge in [0.25, 0.3) is 0 Å². The Kier molecular flexibility index (Phi) is 7.46. The van der Waals surface area contributed by atoms with Crippen LogP contribution in [0.5, 0.6) is 0 Å². The fourth-order valence-electron chi connectivity index (χ4n) is 2.97. The summed E-state index contributed by atoms with van der Waals surface area (Å²) in [7, 11) is 1.56. The van der Waals surface area contributed by atoms with Gasteiger partial charge in [-0.15, -0.1) is 0 Å². The van der Waals surface area contributed by atoms with E-state index in [1.54, 1.807) is 7.05 Å². The number of hydrogen-bond donors (Lipinski definition) is 3. The number of alkyl halides is 3. The van der Waals surface area contributed by atoms with Gasteiger partial charge in [-0.3, -0.25) is 14.7 Å². The van der Waals surface area contributed by atoms with E-state index >= 15 is 0 Å². The molecule has 6 nitrogen and oxygen atoms in total. The smallest absolute Gasteiger partial charge is 0.352 e. The molecule has 1 aliphatic rings.